The van der Waals surface area contributed by atoms with Crippen LogP contribution in [0.15, 0.2) is 24.3 Å². The third kappa shape index (κ3) is 3.55. The number of rotatable bonds is 4. The molecular formula is C14H20N2O2. The molecule has 1 fully saturated rings. The molecule has 1 aliphatic rings. The Morgan fingerprint density at radius 3 is 2.56 bits per heavy atom. The summed E-state index contributed by atoms with van der Waals surface area (Å²) in [6, 6.07) is 7.89. The van der Waals surface area contributed by atoms with Crippen molar-refractivity contribution in [2.75, 3.05) is 19.8 Å². The lowest BCUT2D eigenvalue weighted by Crippen LogP contribution is -2.38. The molecular weight excluding hydrogens is 228 g/mol. The fourth-order valence-electron chi connectivity index (χ4n) is 2.10. The Labute approximate surface area is 108 Å². The van der Waals surface area contributed by atoms with Gasteiger partial charge >= 0.3 is 0 Å². The molecule has 2 rings (SSSR count). The molecule has 1 aromatic rings. The minimum Gasteiger partial charge on any atom is -0.381 e. The summed E-state index contributed by atoms with van der Waals surface area (Å²) in [4.78, 5) is 12.0. The number of benzene rings is 1. The summed E-state index contributed by atoms with van der Waals surface area (Å²) < 4.78 is 5.27. The molecule has 0 saturated carbocycles. The van der Waals surface area contributed by atoms with Crippen LogP contribution in [0, 0.1) is 0 Å². The minimum atomic E-state index is 0.00111. The van der Waals surface area contributed by atoms with Gasteiger partial charge in [-0.2, -0.15) is 0 Å². The van der Waals surface area contributed by atoms with Gasteiger partial charge in [0.15, 0.2) is 0 Å². The van der Waals surface area contributed by atoms with Gasteiger partial charge in [0.1, 0.15) is 0 Å². The fraction of sp³-hybridized carbons (Fsp3) is 0.500. The van der Waals surface area contributed by atoms with Crippen LogP contribution in [0.4, 0.5) is 0 Å². The molecule has 0 spiro atoms. The molecule has 18 heavy (non-hydrogen) atoms. The molecule has 3 N–H and O–H groups in total. The van der Waals surface area contributed by atoms with Crippen molar-refractivity contribution in [3.63, 3.8) is 0 Å². The van der Waals surface area contributed by atoms with Crippen LogP contribution in [0.2, 0.25) is 0 Å². The van der Waals surface area contributed by atoms with E-state index in [0.29, 0.717) is 12.1 Å². The first kappa shape index (κ1) is 13.1. The molecule has 4 nitrogen and oxygen atoms in total. The zero-order valence-corrected chi connectivity index (χ0v) is 10.5. The maximum atomic E-state index is 12.0. The number of carbonyl (C=O) groups is 1. The zero-order chi connectivity index (χ0) is 12.8. The van der Waals surface area contributed by atoms with Gasteiger partial charge in [0, 0.05) is 24.8 Å². The summed E-state index contributed by atoms with van der Waals surface area (Å²) >= 11 is 0. The van der Waals surface area contributed by atoms with E-state index in [9.17, 15) is 4.79 Å². The normalized spacial score (nSPS) is 16.5. The largest absolute Gasteiger partial charge is 0.381 e. The van der Waals surface area contributed by atoms with Crippen LogP contribution in [0.3, 0.4) is 0 Å². The first-order valence-corrected chi connectivity index (χ1v) is 6.47. The second kappa shape index (κ2) is 6.52. The summed E-state index contributed by atoms with van der Waals surface area (Å²) in [5.41, 5.74) is 7.37. The summed E-state index contributed by atoms with van der Waals surface area (Å²) in [7, 11) is 0. The Morgan fingerprint density at radius 1 is 1.28 bits per heavy atom. The summed E-state index contributed by atoms with van der Waals surface area (Å²) in [6.07, 6.45) is 2.65. The third-order valence-corrected chi connectivity index (χ3v) is 3.21. The average molecular weight is 248 g/mol. The van der Waals surface area contributed by atoms with Crippen LogP contribution >= 0.6 is 0 Å². The van der Waals surface area contributed by atoms with Gasteiger partial charge in [0.2, 0.25) is 0 Å². The van der Waals surface area contributed by atoms with Crippen molar-refractivity contribution < 1.29 is 9.53 Å². The highest BCUT2D eigenvalue weighted by Gasteiger charge is 2.16. The van der Waals surface area contributed by atoms with Gasteiger partial charge < -0.3 is 15.8 Å². The van der Waals surface area contributed by atoms with E-state index in [1.165, 1.54) is 5.56 Å². The maximum Gasteiger partial charge on any atom is 0.251 e. The first-order valence-electron chi connectivity index (χ1n) is 6.47. The number of ether oxygens (including phenoxy) is 1. The molecule has 98 valence electrons. The Hall–Kier alpha value is -1.39. The lowest BCUT2D eigenvalue weighted by molar-refractivity contribution is 0.0696. The molecule has 0 bridgehead atoms. The van der Waals surface area contributed by atoms with Crippen LogP contribution in [0.1, 0.15) is 28.8 Å². The standard InChI is InChI=1S/C14H20N2O2/c15-8-5-11-1-3-12(4-2-11)14(17)16-13-6-9-18-10-7-13/h1-4,13H,5-10,15H2,(H,16,17). The van der Waals surface area contributed by atoms with Crippen LogP contribution in [-0.4, -0.2) is 31.7 Å². The molecule has 0 unspecified atom stereocenters. The van der Waals surface area contributed by atoms with E-state index in [-0.39, 0.29) is 11.9 Å². The SMILES string of the molecule is NCCc1ccc(C(=O)NC2CCOCC2)cc1. The predicted molar refractivity (Wildman–Crippen MR) is 70.5 cm³/mol. The van der Waals surface area contributed by atoms with Crippen molar-refractivity contribution in [1.29, 1.82) is 0 Å². The van der Waals surface area contributed by atoms with E-state index >= 15 is 0 Å². The topological polar surface area (TPSA) is 64.4 Å². The molecule has 1 aromatic carbocycles. The van der Waals surface area contributed by atoms with Crippen molar-refractivity contribution in [3.05, 3.63) is 35.4 Å². The van der Waals surface area contributed by atoms with Crippen LogP contribution < -0.4 is 11.1 Å². The van der Waals surface area contributed by atoms with Gasteiger partial charge in [0.05, 0.1) is 0 Å². The Bertz CT molecular complexity index is 383. The predicted octanol–water partition coefficient (Wildman–Crippen LogP) is 1.10. The summed E-state index contributed by atoms with van der Waals surface area (Å²) in [6.45, 7) is 2.11. The highest BCUT2D eigenvalue weighted by molar-refractivity contribution is 5.94. The van der Waals surface area contributed by atoms with Crippen molar-refractivity contribution in [1.82, 2.24) is 5.32 Å². The lowest BCUT2D eigenvalue weighted by Gasteiger charge is -2.23. The highest BCUT2D eigenvalue weighted by atomic mass is 16.5. The summed E-state index contributed by atoms with van der Waals surface area (Å²) in [5.74, 6) is 0.00111. The molecule has 1 amide bonds. The van der Waals surface area contributed by atoms with E-state index in [4.69, 9.17) is 10.5 Å². The number of carbonyl (C=O) groups excluding carboxylic acids is 1. The van der Waals surface area contributed by atoms with Gasteiger partial charge in [-0.1, -0.05) is 12.1 Å². The molecule has 0 aliphatic carbocycles. The van der Waals surface area contributed by atoms with Gasteiger partial charge in [-0.15, -0.1) is 0 Å². The van der Waals surface area contributed by atoms with E-state index in [1.807, 2.05) is 24.3 Å². The van der Waals surface area contributed by atoms with E-state index < -0.39 is 0 Å². The second-order valence-electron chi connectivity index (χ2n) is 4.60. The van der Waals surface area contributed by atoms with Crippen LogP contribution in [-0.2, 0) is 11.2 Å². The average Bonchev–Trinajstić information content (AvgIpc) is 2.41. The molecule has 0 aromatic heterocycles. The molecule has 0 radical (unpaired) electrons. The Kier molecular flexibility index (Phi) is 4.73. The maximum absolute atomic E-state index is 12.0. The van der Waals surface area contributed by atoms with E-state index in [2.05, 4.69) is 5.32 Å². The lowest BCUT2D eigenvalue weighted by atomic mass is 10.1. The molecule has 1 heterocycles. The smallest absolute Gasteiger partial charge is 0.251 e. The molecule has 1 saturated heterocycles. The number of nitrogens with two attached hydrogens (primary N) is 1. The summed E-state index contributed by atoms with van der Waals surface area (Å²) in [5, 5.41) is 3.04. The zero-order valence-electron chi connectivity index (χ0n) is 10.5. The fourth-order valence-corrected chi connectivity index (χ4v) is 2.10. The van der Waals surface area contributed by atoms with Gasteiger partial charge in [0.25, 0.3) is 5.91 Å². The Morgan fingerprint density at radius 2 is 1.94 bits per heavy atom. The van der Waals surface area contributed by atoms with Crippen LogP contribution in [0.25, 0.3) is 0 Å². The monoisotopic (exact) mass is 248 g/mol. The first-order chi connectivity index (χ1) is 8.79. The Balaban J connectivity index is 1.91. The highest BCUT2D eigenvalue weighted by Crippen LogP contribution is 2.09. The van der Waals surface area contributed by atoms with Crippen molar-refractivity contribution in [2.45, 2.75) is 25.3 Å². The quantitative estimate of drug-likeness (QED) is 0.838. The van der Waals surface area contributed by atoms with Gasteiger partial charge in [-0.25, -0.2) is 0 Å². The molecule has 1 aliphatic heterocycles. The van der Waals surface area contributed by atoms with Crippen molar-refractivity contribution in [2.24, 2.45) is 5.73 Å². The number of nitrogens with one attached hydrogen (secondary N) is 1. The molecule has 0 atom stereocenters. The van der Waals surface area contributed by atoms with Gasteiger partial charge in [-0.3, -0.25) is 4.79 Å². The van der Waals surface area contributed by atoms with Gasteiger partial charge in [-0.05, 0) is 43.5 Å². The molecule has 4 heteroatoms. The van der Waals surface area contributed by atoms with Crippen LogP contribution in [0.5, 0.6) is 0 Å². The minimum absolute atomic E-state index is 0.00111. The van der Waals surface area contributed by atoms with E-state index in [0.717, 1.165) is 32.5 Å². The van der Waals surface area contributed by atoms with E-state index in [1.54, 1.807) is 0 Å². The second-order valence-corrected chi connectivity index (χ2v) is 4.60. The van der Waals surface area contributed by atoms with Crippen molar-refractivity contribution >= 4 is 5.91 Å². The number of hydrogen-bond acceptors (Lipinski definition) is 3. The number of hydrogen-bond donors (Lipinski definition) is 2. The number of amides is 1. The van der Waals surface area contributed by atoms with Crippen molar-refractivity contribution in [3.8, 4) is 0 Å². The third-order valence-electron chi connectivity index (χ3n) is 3.21.